The topological polar surface area (TPSA) is 81.8 Å². The van der Waals surface area contributed by atoms with E-state index in [0.717, 1.165) is 27.5 Å². The van der Waals surface area contributed by atoms with Crippen molar-refractivity contribution in [1.29, 1.82) is 0 Å². The number of rotatable bonds is 3. The number of anilines is 1. The van der Waals surface area contributed by atoms with Crippen molar-refractivity contribution in [3.63, 3.8) is 0 Å². The van der Waals surface area contributed by atoms with Crippen molar-refractivity contribution in [2.24, 2.45) is 0 Å². The van der Waals surface area contributed by atoms with E-state index in [0.29, 0.717) is 5.75 Å². The van der Waals surface area contributed by atoms with Gasteiger partial charge in [-0.15, -0.1) is 0 Å². The number of carbonyl (C=O) groups is 1. The van der Waals surface area contributed by atoms with Crippen LogP contribution >= 0.6 is 15.9 Å². The van der Waals surface area contributed by atoms with Crippen LogP contribution in [0.3, 0.4) is 0 Å². The number of hydrogen-bond donors (Lipinski definition) is 2. The summed E-state index contributed by atoms with van der Waals surface area (Å²) in [5.74, 6) is 0.484. The largest absolute Gasteiger partial charge is 0.478 e. The minimum atomic E-state index is -0.963. The molecule has 25 heavy (non-hydrogen) atoms. The molecule has 1 aliphatic heterocycles. The molecule has 0 atom stereocenters. The number of halogens is 1. The summed E-state index contributed by atoms with van der Waals surface area (Å²) in [6, 6.07) is 11.4. The molecule has 2 aromatic rings. The monoisotopic (exact) mass is 403 g/mol. The number of carboxylic acid groups (broad SMARTS) is 1. The van der Waals surface area contributed by atoms with Gasteiger partial charge >= 0.3 is 5.97 Å². The fraction of sp³-hybridized carbons (Fsp3) is 0.105. The van der Waals surface area contributed by atoms with Gasteiger partial charge in [-0.05, 0) is 58.2 Å². The summed E-state index contributed by atoms with van der Waals surface area (Å²) in [4.78, 5) is 10.2. The minimum Gasteiger partial charge on any atom is -0.478 e. The molecule has 3 N–H and O–H groups in total. The van der Waals surface area contributed by atoms with E-state index in [1.807, 2.05) is 43.3 Å². The van der Waals surface area contributed by atoms with E-state index < -0.39 is 5.97 Å². The van der Waals surface area contributed by atoms with Gasteiger partial charge in [0.1, 0.15) is 0 Å². The van der Waals surface area contributed by atoms with Crippen molar-refractivity contribution in [3.8, 4) is 11.5 Å². The second-order valence-electron chi connectivity index (χ2n) is 5.19. The number of fused-ring (bicyclic) bond motifs is 1. The fourth-order valence-electron chi connectivity index (χ4n) is 1.95. The number of allylic oxidation sites excluding steroid dienone is 2. The Morgan fingerprint density at radius 3 is 2.60 bits per heavy atom. The zero-order chi connectivity index (χ0) is 18.2. The average molecular weight is 404 g/mol. The number of aliphatic carboxylic acids is 1. The van der Waals surface area contributed by atoms with E-state index in [-0.39, 0.29) is 6.79 Å². The molecule has 6 heteroatoms. The predicted octanol–water partition coefficient (Wildman–Crippen LogP) is 4.41. The summed E-state index contributed by atoms with van der Waals surface area (Å²) in [6.45, 7) is 2.28. The highest BCUT2D eigenvalue weighted by atomic mass is 79.9. The van der Waals surface area contributed by atoms with Crippen molar-refractivity contribution in [3.05, 3.63) is 70.2 Å². The Balaban J connectivity index is 0.000000212. The summed E-state index contributed by atoms with van der Waals surface area (Å²) >= 11 is 3.32. The molecule has 0 spiro atoms. The molecule has 0 fully saturated rings. The predicted molar refractivity (Wildman–Crippen MR) is 102 cm³/mol. The molecule has 0 unspecified atom stereocenters. The van der Waals surface area contributed by atoms with Gasteiger partial charge in [0.05, 0.1) is 0 Å². The maximum atomic E-state index is 10.2. The van der Waals surface area contributed by atoms with Gasteiger partial charge in [0.25, 0.3) is 0 Å². The Bertz CT molecular complexity index is 815. The zero-order valence-corrected chi connectivity index (χ0v) is 15.2. The number of aryl methyl sites for hydroxylation is 1. The lowest BCUT2D eigenvalue weighted by molar-refractivity contribution is -0.131. The van der Waals surface area contributed by atoms with E-state index in [4.69, 9.17) is 20.3 Å². The Morgan fingerprint density at radius 2 is 1.92 bits per heavy atom. The lowest BCUT2D eigenvalue weighted by atomic mass is 10.2. The van der Waals surface area contributed by atoms with Crippen LogP contribution in [-0.2, 0) is 4.79 Å². The van der Waals surface area contributed by atoms with Gasteiger partial charge in [-0.1, -0.05) is 30.4 Å². The summed E-state index contributed by atoms with van der Waals surface area (Å²) in [5, 5.41) is 8.38. The van der Waals surface area contributed by atoms with Crippen LogP contribution in [0.5, 0.6) is 11.5 Å². The molecule has 0 aromatic heterocycles. The zero-order valence-electron chi connectivity index (χ0n) is 13.6. The van der Waals surface area contributed by atoms with Crippen LogP contribution in [0.25, 0.3) is 6.08 Å². The quantitative estimate of drug-likeness (QED) is 0.450. The standard InChI is InChI=1S/C12H10O4.C7H8BrN/c13-12(14)4-2-1-3-9-5-6-10-11(7-9)16-8-15-10;1-5-2-3-7(9)6(8)4-5/h1-7H,8H2,(H,13,14);2-4H,9H2,1H3. The minimum absolute atomic E-state index is 0.251. The number of carboxylic acids is 1. The van der Waals surface area contributed by atoms with Crippen LogP contribution in [0.4, 0.5) is 5.69 Å². The van der Waals surface area contributed by atoms with Gasteiger partial charge in [0, 0.05) is 16.2 Å². The lowest BCUT2D eigenvalue weighted by Gasteiger charge is -1.96. The Morgan fingerprint density at radius 1 is 1.16 bits per heavy atom. The Labute approximate surface area is 154 Å². The summed E-state index contributed by atoms with van der Waals surface area (Å²) in [6.07, 6.45) is 5.99. The maximum absolute atomic E-state index is 10.2. The molecule has 0 amide bonds. The Kier molecular flexibility index (Phi) is 6.65. The second-order valence-corrected chi connectivity index (χ2v) is 6.05. The number of hydrogen-bond acceptors (Lipinski definition) is 4. The molecular formula is C19H18BrNO4. The normalized spacial score (nSPS) is 12.2. The highest BCUT2D eigenvalue weighted by molar-refractivity contribution is 9.10. The van der Waals surface area contributed by atoms with Gasteiger partial charge < -0.3 is 20.3 Å². The second kappa shape index (κ2) is 8.94. The molecule has 0 bridgehead atoms. The van der Waals surface area contributed by atoms with E-state index in [1.165, 1.54) is 11.6 Å². The molecule has 0 radical (unpaired) electrons. The highest BCUT2D eigenvalue weighted by Crippen LogP contribution is 2.32. The average Bonchev–Trinajstić information content (AvgIpc) is 3.03. The first-order valence-corrected chi connectivity index (χ1v) is 8.24. The van der Waals surface area contributed by atoms with Gasteiger partial charge in [0.15, 0.2) is 11.5 Å². The smallest absolute Gasteiger partial charge is 0.328 e. The van der Waals surface area contributed by atoms with Crippen molar-refractivity contribution in [1.82, 2.24) is 0 Å². The summed E-state index contributed by atoms with van der Waals surface area (Å²) < 4.78 is 11.4. The van der Waals surface area contributed by atoms with Crippen LogP contribution in [0, 0.1) is 6.92 Å². The van der Waals surface area contributed by atoms with E-state index in [1.54, 1.807) is 12.2 Å². The summed E-state index contributed by atoms with van der Waals surface area (Å²) in [7, 11) is 0. The molecule has 1 heterocycles. The van der Waals surface area contributed by atoms with E-state index in [9.17, 15) is 4.79 Å². The molecule has 3 rings (SSSR count). The molecule has 0 aliphatic carbocycles. The van der Waals surface area contributed by atoms with Crippen LogP contribution in [0.1, 0.15) is 11.1 Å². The number of benzene rings is 2. The summed E-state index contributed by atoms with van der Waals surface area (Å²) in [5.41, 5.74) is 8.48. The SMILES string of the molecule is Cc1ccc(N)c(Br)c1.O=C(O)C=CC=Cc1ccc2c(c1)OCO2. The first-order chi connectivity index (χ1) is 12.0. The van der Waals surface area contributed by atoms with Crippen molar-refractivity contribution < 1.29 is 19.4 Å². The first kappa shape index (κ1) is 18.6. The van der Waals surface area contributed by atoms with Crippen LogP contribution in [-0.4, -0.2) is 17.9 Å². The van der Waals surface area contributed by atoms with Crippen LogP contribution in [0.15, 0.2) is 59.1 Å². The number of ether oxygens (including phenoxy) is 2. The molecule has 2 aromatic carbocycles. The highest BCUT2D eigenvalue weighted by Gasteiger charge is 2.11. The van der Waals surface area contributed by atoms with Crippen molar-refractivity contribution >= 4 is 33.7 Å². The lowest BCUT2D eigenvalue weighted by Crippen LogP contribution is -1.92. The number of nitrogen functional groups attached to an aromatic ring is 1. The Hall–Kier alpha value is -2.73. The molecule has 0 saturated carbocycles. The molecule has 0 saturated heterocycles. The third-order valence-corrected chi connectivity index (χ3v) is 3.88. The van der Waals surface area contributed by atoms with Gasteiger partial charge in [-0.3, -0.25) is 0 Å². The molecule has 130 valence electrons. The van der Waals surface area contributed by atoms with Crippen molar-refractivity contribution in [2.45, 2.75) is 6.92 Å². The van der Waals surface area contributed by atoms with Gasteiger partial charge in [-0.2, -0.15) is 0 Å². The van der Waals surface area contributed by atoms with E-state index >= 15 is 0 Å². The number of nitrogens with two attached hydrogens (primary N) is 1. The van der Waals surface area contributed by atoms with E-state index in [2.05, 4.69) is 15.9 Å². The maximum Gasteiger partial charge on any atom is 0.328 e. The molecule has 1 aliphatic rings. The third kappa shape index (κ3) is 6.00. The van der Waals surface area contributed by atoms with Crippen LogP contribution in [0.2, 0.25) is 0 Å². The van der Waals surface area contributed by atoms with Gasteiger partial charge in [-0.25, -0.2) is 4.79 Å². The van der Waals surface area contributed by atoms with Crippen molar-refractivity contribution in [2.75, 3.05) is 12.5 Å². The van der Waals surface area contributed by atoms with Gasteiger partial charge in [0.2, 0.25) is 6.79 Å². The molecule has 5 nitrogen and oxygen atoms in total. The first-order valence-electron chi connectivity index (χ1n) is 7.44. The molecular weight excluding hydrogens is 386 g/mol. The fourth-order valence-corrected chi connectivity index (χ4v) is 2.45. The third-order valence-electron chi connectivity index (χ3n) is 3.19. The van der Waals surface area contributed by atoms with Crippen LogP contribution < -0.4 is 15.2 Å².